The normalized spacial score (nSPS) is 19.2. The van der Waals surface area contributed by atoms with E-state index in [4.69, 9.17) is 5.11 Å². The second-order valence-electron chi connectivity index (χ2n) is 4.67. The SMILES string of the molecule is CC(C)CN(CC(=O)O)C(=O)[C@@H]1CCC(=O)N1. The van der Waals surface area contributed by atoms with Crippen LogP contribution in [0.25, 0.3) is 0 Å². The molecule has 2 amide bonds. The highest BCUT2D eigenvalue weighted by atomic mass is 16.4. The van der Waals surface area contributed by atoms with Crippen molar-refractivity contribution in [1.29, 1.82) is 0 Å². The van der Waals surface area contributed by atoms with E-state index in [0.29, 0.717) is 19.4 Å². The number of carbonyl (C=O) groups is 3. The summed E-state index contributed by atoms with van der Waals surface area (Å²) in [5.74, 6) is -1.30. The molecular weight excluding hydrogens is 224 g/mol. The van der Waals surface area contributed by atoms with Crippen molar-refractivity contribution in [1.82, 2.24) is 10.2 Å². The number of nitrogens with zero attached hydrogens (tertiary/aromatic N) is 1. The zero-order valence-electron chi connectivity index (χ0n) is 10.1. The average molecular weight is 242 g/mol. The number of carbonyl (C=O) groups excluding carboxylic acids is 2. The molecule has 0 spiro atoms. The molecule has 1 aliphatic rings. The molecule has 0 aliphatic carbocycles. The summed E-state index contributed by atoms with van der Waals surface area (Å²) in [6.45, 7) is 3.89. The third kappa shape index (κ3) is 4.05. The summed E-state index contributed by atoms with van der Waals surface area (Å²) in [5.41, 5.74) is 0. The van der Waals surface area contributed by atoms with Gasteiger partial charge in [-0.05, 0) is 12.3 Å². The van der Waals surface area contributed by atoms with Crippen molar-refractivity contribution in [3.8, 4) is 0 Å². The maximum atomic E-state index is 12.0. The van der Waals surface area contributed by atoms with Gasteiger partial charge in [-0.15, -0.1) is 0 Å². The van der Waals surface area contributed by atoms with Crippen LogP contribution in [0, 0.1) is 5.92 Å². The van der Waals surface area contributed by atoms with E-state index >= 15 is 0 Å². The van der Waals surface area contributed by atoms with E-state index in [1.165, 1.54) is 4.90 Å². The van der Waals surface area contributed by atoms with Crippen LogP contribution in [0.3, 0.4) is 0 Å². The van der Waals surface area contributed by atoms with Gasteiger partial charge in [0.1, 0.15) is 12.6 Å². The zero-order valence-corrected chi connectivity index (χ0v) is 10.1. The number of hydrogen-bond donors (Lipinski definition) is 2. The molecule has 0 aromatic carbocycles. The van der Waals surface area contributed by atoms with Gasteiger partial charge in [-0.3, -0.25) is 14.4 Å². The van der Waals surface area contributed by atoms with E-state index in [1.807, 2.05) is 13.8 Å². The predicted molar refractivity (Wildman–Crippen MR) is 60.2 cm³/mol. The molecule has 1 atom stereocenters. The average Bonchev–Trinajstić information content (AvgIpc) is 2.61. The fourth-order valence-electron chi connectivity index (χ4n) is 1.86. The first-order chi connectivity index (χ1) is 7.90. The number of rotatable bonds is 5. The Labute approximate surface area is 100.0 Å². The third-order valence-corrected chi connectivity index (χ3v) is 2.52. The van der Waals surface area contributed by atoms with Crippen LogP contribution in [0.1, 0.15) is 26.7 Å². The molecule has 1 rings (SSSR count). The lowest BCUT2D eigenvalue weighted by atomic mass is 10.1. The van der Waals surface area contributed by atoms with Crippen molar-refractivity contribution < 1.29 is 19.5 Å². The topological polar surface area (TPSA) is 86.7 Å². The number of hydrogen-bond acceptors (Lipinski definition) is 3. The molecule has 0 aromatic heterocycles. The van der Waals surface area contributed by atoms with Crippen molar-refractivity contribution in [2.45, 2.75) is 32.7 Å². The monoisotopic (exact) mass is 242 g/mol. The van der Waals surface area contributed by atoms with E-state index in [1.54, 1.807) is 0 Å². The maximum Gasteiger partial charge on any atom is 0.323 e. The minimum absolute atomic E-state index is 0.150. The first kappa shape index (κ1) is 13.5. The van der Waals surface area contributed by atoms with Crippen molar-refractivity contribution in [3.63, 3.8) is 0 Å². The number of carboxylic acids is 1. The Morgan fingerprint density at radius 3 is 2.59 bits per heavy atom. The van der Waals surface area contributed by atoms with Crippen molar-refractivity contribution in [2.75, 3.05) is 13.1 Å². The quantitative estimate of drug-likeness (QED) is 0.701. The highest BCUT2D eigenvalue weighted by Crippen LogP contribution is 2.11. The fourth-order valence-corrected chi connectivity index (χ4v) is 1.86. The van der Waals surface area contributed by atoms with E-state index in [0.717, 1.165) is 0 Å². The molecule has 0 bridgehead atoms. The van der Waals surface area contributed by atoms with Crippen LogP contribution >= 0.6 is 0 Å². The Hall–Kier alpha value is -1.59. The number of amides is 2. The van der Waals surface area contributed by atoms with Gasteiger partial charge in [-0.2, -0.15) is 0 Å². The Balaban J connectivity index is 2.64. The van der Waals surface area contributed by atoms with E-state index in [9.17, 15) is 14.4 Å². The molecule has 0 unspecified atom stereocenters. The lowest BCUT2D eigenvalue weighted by Crippen LogP contribution is -2.47. The van der Waals surface area contributed by atoms with Gasteiger partial charge >= 0.3 is 5.97 Å². The van der Waals surface area contributed by atoms with E-state index in [2.05, 4.69) is 5.32 Å². The highest BCUT2D eigenvalue weighted by molar-refractivity contribution is 5.92. The minimum Gasteiger partial charge on any atom is -0.480 e. The maximum absolute atomic E-state index is 12.0. The Kier molecular flexibility index (Phi) is 4.48. The smallest absolute Gasteiger partial charge is 0.323 e. The van der Waals surface area contributed by atoms with Crippen LogP contribution < -0.4 is 5.32 Å². The van der Waals surface area contributed by atoms with Crippen LogP contribution in [0.5, 0.6) is 0 Å². The van der Waals surface area contributed by atoms with Gasteiger partial charge in [0.2, 0.25) is 11.8 Å². The first-order valence-electron chi connectivity index (χ1n) is 5.70. The van der Waals surface area contributed by atoms with Crippen molar-refractivity contribution >= 4 is 17.8 Å². The van der Waals surface area contributed by atoms with Crippen LogP contribution in [-0.4, -0.2) is 46.9 Å². The highest BCUT2D eigenvalue weighted by Gasteiger charge is 2.31. The molecule has 0 radical (unpaired) electrons. The molecule has 1 saturated heterocycles. The van der Waals surface area contributed by atoms with Crippen molar-refractivity contribution in [2.24, 2.45) is 5.92 Å². The van der Waals surface area contributed by atoms with Gasteiger partial charge in [0.05, 0.1) is 0 Å². The van der Waals surface area contributed by atoms with Crippen LogP contribution in [-0.2, 0) is 14.4 Å². The second kappa shape index (κ2) is 5.65. The molecule has 1 aliphatic heterocycles. The van der Waals surface area contributed by atoms with Crippen LogP contribution in [0.2, 0.25) is 0 Å². The Morgan fingerprint density at radius 2 is 2.18 bits per heavy atom. The molecule has 1 heterocycles. The second-order valence-corrected chi connectivity index (χ2v) is 4.67. The predicted octanol–water partition coefficient (Wildman–Crippen LogP) is -0.166. The van der Waals surface area contributed by atoms with Gasteiger partial charge < -0.3 is 15.3 Å². The van der Waals surface area contributed by atoms with E-state index in [-0.39, 0.29) is 24.3 Å². The first-order valence-corrected chi connectivity index (χ1v) is 5.70. The molecule has 6 heteroatoms. The lowest BCUT2D eigenvalue weighted by molar-refractivity contribution is -0.145. The summed E-state index contributed by atoms with van der Waals surface area (Å²) in [7, 11) is 0. The van der Waals surface area contributed by atoms with Gasteiger partial charge in [0.25, 0.3) is 0 Å². The standard InChI is InChI=1S/C11H18N2O4/c1-7(2)5-13(6-10(15)16)11(17)8-3-4-9(14)12-8/h7-8H,3-6H2,1-2H3,(H,12,14)(H,15,16)/t8-/m0/s1. The molecule has 2 N–H and O–H groups in total. The van der Waals surface area contributed by atoms with Crippen LogP contribution in [0.4, 0.5) is 0 Å². The van der Waals surface area contributed by atoms with Crippen LogP contribution in [0.15, 0.2) is 0 Å². The van der Waals surface area contributed by atoms with Crippen molar-refractivity contribution in [3.05, 3.63) is 0 Å². The summed E-state index contributed by atoms with van der Waals surface area (Å²) in [5, 5.41) is 11.3. The summed E-state index contributed by atoms with van der Waals surface area (Å²) in [6, 6.07) is -0.555. The molecule has 0 saturated carbocycles. The summed E-state index contributed by atoms with van der Waals surface area (Å²) in [4.78, 5) is 35.0. The molecule has 96 valence electrons. The molecule has 0 aromatic rings. The van der Waals surface area contributed by atoms with Gasteiger partial charge in [-0.25, -0.2) is 0 Å². The van der Waals surface area contributed by atoms with Gasteiger partial charge in [0.15, 0.2) is 0 Å². The Morgan fingerprint density at radius 1 is 1.53 bits per heavy atom. The van der Waals surface area contributed by atoms with Gasteiger partial charge in [-0.1, -0.05) is 13.8 Å². The summed E-state index contributed by atoms with van der Waals surface area (Å²) >= 11 is 0. The number of aliphatic carboxylic acids is 1. The largest absolute Gasteiger partial charge is 0.480 e. The minimum atomic E-state index is -1.04. The summed E-state index contributed by atoms with van der Waals surface area (Å²) in [6.07, 6.45) is 0.783. The number of carboxylic acid groups (broad SMARTS) is 1. The summed E-state index contributed by atoms with van der Waals surface area (Å²) < 4.78 is 0. The van der Waals surface area contributed by atoms with E-state index < -0.39 is 12.0 Å². The lowest BCUT2D eigenvalue weighted by Gasteiger charge is -2.25. The Bertz CT molecular complexity index is 327. The molecular formula is C11H18N2O4. The number of nitrogens with one attached hydrogen (secondary N) is 1. The molecule has 6 nitrogen and oxygen atoms in total. The molecule has 17 heavy (non-hydrogen) atoms. The van der Waals surface area contributed by atoms with Gasteiger partial charge in [0, 0.05) is 13.0 Å². The zero-order chi connectivity index (χ0) is 13.0. The molecule has 1 fully saturated rings. The third-order valence-electron chi connectivity index (χ3n) is 2.52. The fraction of sp³-hybridized carbons (Fsp3) is 0.727.